The lowest BCUT2D eigenvalue weighted by atomic mass is 9.73. The molecule has 5 rings (SSSR count). The predicted octanol–water partition coefficient (Wildman–Crippen LogP) is 4.01. The van der Waals surface area contributed by atoms with Gasteiger partial charge in [0.2, 0.25) is 11.9 Å². The second-order valence-corrected chi connectivity index (χ2v) is 18.3. The fraction of sp³-hybridized carbons (Fsp3) is 0.721. The third-order valence-corrected chi connectivity index (χ3v) is 13.1. The summed E-state index contributed by atoms with van der Waals surface area (Å²) in [5, 5.41) is 29.3. The molecule has 2 aromatic heterocycles. The molecule has 1 amide bonds. The largest absolute Gasteiger partial charge is 0.459 e. The topological polar surface area (TPSA) is 240 Å². The molecule has 2 bridgehead atoms. The number of oxime groups is 1. The Morgan fingerprint density at radius 3 is 2.44 bits per heavy atom. The summed E-state index contributed by atoms with van der Waals surface area (Å²) in [7, 11) is 3.72. The first-order chi connectivity index (χ1) is 29.2. The number of Topliss-reactive ketones (excluding diaryl/α,β-unsaturated/α-hetero) is 1. The van der Waals surface area contributed by atoms with Crippen LogP contribution in [0.1, 0.15) is 93.7 Å². The molecular weight excluding hydrogens is 823 g/mol. The van der Waals surface area contributed by atoms with Crippen molar-refractivity contribution in [1.29, 1.82) is 0 Å². The van der Waals surface area contributed by atoms with E-state index in [0.29, 0.717) is 22.8 Å². The summed E-state index contributed by atoms with van der Waals surface area (Å²) in [6, 6.07) is 3.25. The molecule has 0 saturated carbocycles. The number of nitrogens with two attached hydrogens (primary N) is 1. The highest BCUT2D eigenvalue weighted by Gasteiger charge is 2.53. The molecule has 18 nitrogen and oxygen atoms in total. The van der Waals surface area contributed by atoms with E-state index in [1.165, 1.54) is 13.8 Å². The molecule has 62 heavy (non-hydrogen) atoms. The van der Waals surface area contributed by atoms with Gasteiger partial charge in [-0.25, -0.2) is 4.99 Å². The number of aliphatic hydroxyl groups excluding tert-OH is 1. The number of amides is 1. The van der Waals surface area contributed by atoms with E-state index in [9.17, 15) is 24.6 Å². The average molecular weight is 888 g/mol. The molecule has 344 valence electrons. The number of ketones is 1. The lowest BCUT2D eigenvalue weighted by Crippen LogP contribution is -2.60. The Kier molecular flexibility index (Phi) is 16.5. The monoisotopic (exact) mass is 887 g/mol. The maximum Gasteiger partial charge on any atom is 0.316 e. The predicted molar refractivity (Wildman–Crippen MR) is 231 cm³/mol. The molecule has 0 unspecified atom stereocenters. The average Bonchev–Trinajstić information content (AvgIpc) is 3.67. The SMILES string of the molecule is CCC(=O)N=C1[C@H](C)C[C@@]2(C)OC/C(=N/OCc3ccc(-c4nc(N)ns4)cn3)CO[C@@H]([C@H]1C)[C@](C)(O)[C@@H](CC)OC(=O)[C@H](C)C(=O)[C@H](C)[C@H]2O[C@@H]1O[C@H](C)C[C@H](N(C)C)[C@H]1O. The summed E-state index contributed by atoms with van der Waals surface area (Å²) >= 11 is 1.16. The molecule has 13 atom stereocenters. The number of carbonyl (C=O) groups is 3. The molecule has 3 aliphatic heterocycles. The van der Waals surface area contributed by atoms with E-state index < -0.39 is 77.3 Å². The van der Waals surface area contributed by atoms with Gasteiger partial charge < -0.3 is 49.4 Å². The van der Waals surface area contributed by atoms with Crippen molar-refractivity contribution in [2.24, 2.45) is 33.8 Å². The quantitative estimate of drug-likeness (QED) is 0.183. The molecule has 0 aliphatic carbocycles. The Hall–Kier alpha value is -3.82. The van der Waals surface area contributed by atoms with Crippen LogP contribution in [0.3, 0.4) is 0 Å². The second kappa shape index (κ2) is 20.8. The highest BCUT2D eigenvalue weighted by atomic mass is 32.1. The first-order valence-corrected chi connectivity index (χ1v) is 22.2. The van der Waals surface area contributed by atoms with Crippen LogP contribution in [0.5, 0.6) is 0 Å². The zero-order valence-corrected chi connectivity index (χ0v) is 38.6. The summed E-state index contributed by atoms with van der Waals surface area (Å²) in [4.78, 5) is 62.7. The van der Waals surface area contributed by atoms with Gasteiger partial charge in [-0.15, -0.1) is 0 Å². The molecule has 2 aromatic rings. The van der Waals surface area contributed by atoms with E-state index in [1.54, 1.807) is 40.0 Å². The van der Waals surface area contributed by atoms with Crippen LogP contribution in [0.25, 0.3) is 10.6 Å². The molecule has 19 heteroatoms. The number of carbonyl (C=O) groups excluding carboxylic acids is 3. The van der Waals surface area contributed by atoms with Gasteiger partial charge in [0.05, 0.1) is 42.8 Å². The number of aliphatic imine (C=N–C) groups is 1. The zero-order valence-electron chi connectivity index (χ0n) is 37.8. The molecule has 0 radical (unpaired) electrons. The van der Waals surface area contributed by atoms with Gasteiger partial charge in [0.25, 0.3) is 0 Å². The number of likely N-dealkylation sites (N-methyl/N-ethyl adjacent to an activating group) is 1. The Bertz CT molecular complexity index is 1930. The van der Waals surface area contributed by atoms with Crippen molar-refractivity contribution in [1.82, 2.24) is 19.2 Å². The van der Waals surface area contributed by atoms with E-state index >= 15 is 0 Å². The third-order valence-electron chi connectivity index (χ3n) is 12.3. The number of rotatable bonds is 9. The Morgan fingerprint density at radius 1 is 1.10 bits per heavy atom. The van der Waals surface area contributed by atoms with Gasteiger partial charge in [-0.1, -0.05) is 39.8 Å². The van der Waals surface area contributed by atoms with Crippen LogP contribution in [0.4, 0.5) is 5.95 Å². The second-order valence-electron chi connectivity index (χ2n) is 17.5. The molecular formula is C43H65N7O11S. The maximum absolute atomic E-state index is 14.6. The molecule has 3 saturated heterocycles. The minimum atomic E-state index is -1.87. The normalized spacial score (nSPS) is 36.8. The van der Waals surface area contributed by atoms with Crippen LogP contribution >= 0.6 is 11.5 Å². The fourth-order valence-electron chi connectivity index (χ4n) is 8.83. The lowest BCUT2D eigenvalue weighted by Gasteiger charge is -2.47. The number of fused-ring (bicyclic) bond motifs is 5. The van der Waals surface area contributed by atoms with Crippen molar-refractivity contribution >= 4 is 46.6 Å². The number of cyclic esters (lactones) is 1. The third kappa shape index (κ3) is 11.3. The number of ether oxygens (including phenoxy) is 5. The standard InChI is InChI=1S/C43H65N7O11S/c1-12-31-43(9,55)37-24(5)33(46-32(51)13-2)22(3)17-42(8,57-20-29(19-56-37)48-58-21-28-15-14-27(18-45-28)38-47-41(44)49-62-38)36(25(6)34(52)26(7)39(54)60-31)61-40-35(53)30(50(10)11)16-23(4)59-40/h14-15,18,22-26,30-31,35-37,40,53,55H,12-13,16-17,19-21H2,1-11H3,(H2,44,49)/b46-33?,48-29+/t22-,23-,24+,25+,26-,30+,31-,35-,36-,37+,40+,42-,43-/m1/s1. The number of pyridine rings is 1. The Balaban J connectivity index is 1.64. The van der Waals surface area contributed by atoms with Crippen LogP contribution in [-0.2, 0) is 49.5 Å². The molecule has 4 N–H and O–H groups in total. The highest BCUT2D eigenvalue weighted by Crippen LogP contribution is 2.40. The summed E-state index contributed by atoms with van der Waals surface area (Å²) in [6.07, 6.45) is -3.48. The Morgan fingerprint density at radius 2 is 1.82 bits per heavy atom. The number of anilines is 1. The lowest BCUT2D eigenvalue weighted by molar-refractivity contribution is -0.296. The fourth-order valence-corrected chi connectivity index (χ4v) is 9.41. The van der Waals surface area contributed by atoms with Crippen molar-refractivity contribution in [2.45, 2.75) is 149 Å². The summed E-state index contributed by atoms with van der Waals surface area (Å²) in [5.41, 5.74) is 4.39. The summed E-state index contributed by atoms with van der Waals surface area (Å²) in [5.74, 6) is -5.13. The maximum atomic E-state index is 14.6. The molecule has 0 spiro atoms. The van der Waals surface area contributed by atoms with E-state index in [0.717, 1.165) is 17.1 Å². The van der Waals surface area contributed by atoms with Gasteiger partial charge >= 0.3 is 5.97 Å². The van der Waals surface area contributed by atoms with Crippen LogP contribution in [0.2, 0.25) is 0 Å². The van der Waals surface area contributed by atoms with Gasteiger partial charge in [-0.05, 0) is 90.6 Å². The molecule has 3 aliphatic rings. The van der Waals surface area contributed by atoms with Crippen molar-refractivity contribution in [2.75, 3.05) is 33.0 Å². The van der Waals surface area contributed by atoms with Crippen LogP contribution in [0, 0.1) is 23.7 Å². The first kappa shape index (κ1) is 49.2. The van der Waals surface area contributed by atoms with E-state index in [-0.39, 0.29) is 68.8 Å². The smallest absolute Gasteiger partial charge is 0.316 e. The number of aromatic nitrogens is 3. The molecule has 5 heterocycles. The van der Waals surface area contributed by atoms with E-state index in [2.05, 4.69) is 24.5 Å². The number of hydrogen-bond acceptors (Lipinski definition) is 18. The number of hydrogen-bond donors (Lipinski definition) is 3. The zero-order chi connectivity index (χ0) is 45.7. The van der Waals surface area contributed by atoms with E-state index in [1.807, 2.05) is 45.8 Å². The first-order valence-electron chi connectivity index (χ1n) is 21.4. The van der Waals surface area contributed by atoms with Gasteiger partial charge in [-0.2, -0.15) is 9.36 Å². The highest BCUT2D eigenvalue weighted by molar-refractivity contribution is 7.09. The Labute approximate surface area is 368 Å². The molecule has 3 fully saturated rings. The van der Waals surface area contributed by atoms with Gasteiger partial charge in [-0.3, -0.25) is 19.4 Å². The summed E-state index contributed by atoms with van der Waals surface area (Å²) in [6.45, 7) is 15.0. The van der Waals surface area contributed by atoms with Crippen LogP contribution in [-0.4, -0.2) is 140 Å². The minimum absolute atomic E-state index is 0.0328. The van der Waals surface area contributed by atoms with Crippen molar-refractivity contribution in [3.05, 3.63) is 24.0 Å². The van der Waals surface area contributed by atoms with Crippen molar-refractivity contribution in [3.8, 4) is 10.6 Å². The minimum Gasteiger partial charge on any atom is -0.459 e. The van der Waals surface area contributed by atoms with E-state index in [4.69, 9.17) is 34.3 Å². The molecule has 0 aromatic carbocycles. The number of esters is 1. The van der Waals surface area contributed by atoms with Gasteiger partial charge in [0, 0.05) is 41.8 Å². The van der Waals surface area contributed by atoms with Gasteiger partial charge in [0.1, 0.15) is 34.4 Å². The number of aliphatic hydroxyl groups is 2. The van der Waals surface area contributed by atoms with Crippen molar-refractivity contribution < 1.29 is 53.1 Å². The van der Waals surface area contributed by atoms with Crippen molar-refractivity contribution in [3.63, 3.8) is 0 Å². The summed E-state index contributed by atoms with van der Waals surface area (Å²) < 4.78 is 36.6. The number of nitrogens with zero attached hydrogens (tertiary/aromatic N) is 6. The van der Waals surface area contributed by atoms with Crippen LogP contribution < -0.4 is 5.73 Å². The van der Waals surface area contributed by atoms with Gasteiger partial charge in [0.15, 0.2) is 18.7 Å². The number of nitrogen functional groups attached to an aromatic ring is 1. The van der Waals surface area contributed by atoms with Crippen LogP contribution in [0.15, 0.2) is 28.5 Å².